The second-order valence-electron chi connectivity index (χ2n) is 8.70. The maximum Gasteiger partial charge on any atom is 0.257 e. The molecule has 0 saturated heterocycles. The van der Waals surface area contributed by atoms with E-state index >= 15 is 0 Å². The number of nitrogens with zero attached hydrogens (tertiary/aromatic N) is 3. The van der Waals surface area contributed by atoms with Crippen molar-refractivity contribution in [3.63, 3.8) is 0 Å². The van der Waals surface area contributed by atoms with Gasteiger partial charge in [0.1, 0.15) is 5.82 Å². The van der Waals surface area contributed by atoms with Crippen molar-refractivity contribution in [1.29, 1.82) is 0 Å². The van der Waals surface area contributed by atoms with E-state index < -0.39 is 0 Å². The first-order valence-electron chi connectivity index (χ1n) is 11.1. The molecule has 1 aromatic heterocycles. The minimum Gasteiger partial charge on any atom is -0.336 e. The third-order valence-electron chi connectivity index (χ3n) is 6.44. The lowest BCUT2D eigenvalue weighted by molar-refractivity contribution is -0.132. The molecule has 1 saturated carbocycles. The zero-order valence-electron chi connectivity index (χ0n) is 17.8. The van der Waals surface area contributed by atoms with Gasteiger partial charge < -0.3 is 4.90 Å². The van der Waals surface area contributed by atoms with E-state index in [0.29, 0.717) is 37.7 Å². The minimum atomic E-state index is -0.234. The Hall–Kier alpha value is -3.21. The molecule has 0 N–H and O–H groups in total. The number of carbonyl (C=O) groups excluding carboxylic acids is 1. The fourth-order valence-electron chi connectivity index (χ4n) is 4.60. The average molecular weight is 414 g/mol. The maximum atomic E-state index is 13.7. The van der Waals surface area contributed by atoms with Gasteiger partial charge in [-0.2, -0.15) is 0 Å². The Bertz CT molecular complexity index is 1110. The van der Waals surface area contributed by atoms with Crippen LogP contribution in [0.3, 0.4) is 0 Å². The van der Waals surface area contributed by atoms with Crippen LogP contribution in [0.2, 0.25) is 0 Å². The highest BCUT2D eigenvalue weighted by Crippen LogP contribution is 2.33. The molecular formula is C26H27N3O2. The van der Waals surface area contributed by atoms with Gasteiger partial charge in [-0.05, 0) is 43.2 Å². The van der Waals surface area contributed by atoms with Gasteiger partial charge in [-0.25, -0.2) is 4.98 Å². The minimum absolute atomic E-state index is 0.00879. The van der Waals surface area contributed by atoms with E-state index in [1.54, 1.807) is 0 Å². The molecule has 3 aromatic rings. The van der Waals surface area contributed by atoms with Crippen molar-refractivity contribution in [2.75, 3.05) is 6.54 Å². The molecule has 5 rings (SSSR count). The largest absolute Gasteiger partial charge is 0.336 e. The molecule has 5 heteroatoms. The number of carbonyl (C=O) groups is 1. The van der Waals surface area contributed by atoms with Gasteiger partial charge in [0.15, 0.2) is 0 Å². The van der Waals surface area contributed by atoms with Crippen molar-refractivity contribution >= 4 is 5.91 Å². The van der Waals surface area contributed by atoms with E-state index in [0.717, 1.165) is 22.4 Å². The van der Waals surface area contributed by atoms with Crippen molar-refractivity contribution in [2.45, 2.75) is 45.2 Å². The lowest BCUT2D eigenvalue weighted by Crippen LogP contribution is -2.42. The van der Waals surface area contributed by atoms with Crippen molar-refractivity contribution in [3.05, 3.63) is 99.2 Å². The predicted molar refractivity (Wildman–Crippen MR) is 120 cm³/mol. The summed E-state index contributed by atoms with van der Waals surface area (Å²) in [5.41, 5.74) is 3.62. The summed E-state index contributed by atoms with van der Waals surface area (Å²) in [6.07, 6.45) is 3.53. The second-order valence-corrected chi connectivity index (χ2v) is 8.70. The van der Waals surface area contributed by atoms with Crippen molar-refractivity contribution in [2.24, 2.45) is 5.92 Å². The van der Waals surface area contributed by atoms with E-state index in [1.165, 1.54) is 12.8 Å². The highest BCUT2D eigenvalue weighted by molar-refractivity contribution is 5.77. The van der Waals surface area contributed by atoms with Crippen molar-refractivity contribution in [1.82, 2.24) is 14.5 Å². The Morgan fingerprint density at radius 2 is 1.65 bits per heavy atom. The third-order valence-corrected chi connectivity index (χ3v) is 6.44. The smallest absolute Gasteiger partial charge is 0.257 e. The fraction of sp³-hybridized carbons (Fsp3) is 0.346. The molecule has 1 amide bonds. The molecule has 2 aliphatic rings. The Morgan fingerprint density at radius 1 is 1.03 bits per heavy atom. The standard InChI is InChI=1S/C26H27N3O2/c1-18-27-23-17-28(24(30)16-19-12-13-19)15-14-22(23)26(31)29(18)25(20-8-4-2-5-9-20)21-10-6-3-7-11-21/h2-11,19,25H,12-17H2,1H3. The number of benzene rings is 2. The summed E-state index contributed by atoms with van der Waals surface area (Å²) in [6.45, 7) is 2.94. The number of aryl methyl sites for hydroxylation is 1. The summed E-state index contributed by atoms with van der Waals surface area (Å²) < 4.78 is 1.82. The Kier molecular flexibility index (Phi) is 5.18. The summed E-state index contributed by atoms with van der Waals surface area (Å²) in [5, 5.41) is 0. The molecular weight excluding hydrogens is 386 g/mol. The molecule has 5 nitrogen and oxygen atoms in total. The molecule has 2 aromatic carbocycles. The highest BCUT2D eigenvalue weighted by Gasteiger charge is 2.31. The predicted octanol–water partition coefficient (Wildman–Crippen LogP) is 3.87. The summed E-state index contributed by atoms with van der Waals surface area (Å²) >= 11 is 0. The number of rotatable bonds is 5. The zero-order chi connectivity index (χ0) is 21.4. The van der Waals surface area contributed by atoms with Gasteiger partial charge in [0, 0.05) is 18.5 Å². The lowest BCUT2D eigenvalue weighted by atomic mass is 9.97. The Labute approximate surface area is 182 Å². The van der Waals surface area contributed by atoms with Crippen molar-refractivity contribution < 1.29 is 4.79 Å². The molecule has 1 fully saturated rings. The molecule has 158 valence electrons. The van der Waals surface area contributed by atoms with Gasteiger partial charge in [-0.1, -0.05) is 60.7 Å². The molecule has 0 spiro atoms. The Balaban J connectivity index is 1.55. The van der Waals surface area contributed by atoms with Crippen LogP contribution >= 0.6 is 0 Å². The zero-order valence-corrected chi connectivity index (χ0v) is 17.8. The van der Waals surface area contributed by atoms with Crippen LogP contribution in [0.1, 0.15) is 53.5 Å². The first-order chi connectivity index (χ1) is 15.1. The molecule has 0 bridgehead atoms. The molecule has 1 aliphatic carbocycles. The van der Waals surface area contributed by atoms with Crippen molar-refractivity contribution in [3.8, 4) is 0 Å². The SMILES string of the molecule is Cc1nc2c(c(=O)n1C(c1ccccc1)c1ccccc1)CCN(C(=O)CC1CC1)C2. The van der Waals surface area contributed by atoms with Gasteiger partial charge in [0.05, 0.1) is 18.3 Å². The monoisotopic (exact) mass is 413 g/mol. The molecule has 1 aliphatic heterocycles. The highest BCUT2D eigenvalue weighted by atomic mass is 16.2. The van der Waals surface area contributed by atoms with E-state index in [4.69, 9.17) is 4.98 Å². The molecule has 2 heterocycles. The first-order valence-corrected chi connectivity index (χ1v) is 11.1. The third kappa shape index (κ3) is 3.92. The summed E-state index contributed by atoms with van der Waals surface area (Å²) in [4.78, 5) is 33.0. The molecule has 0 atom stereocenters. The normalized spacial score (nSPS) is 15.7. The van der Waals surface area contributed by atoms with E-state index in [2.05, 4.69) is 24.3 Å². The van der Waals surface area contributed by atoms with Crippen LogP contribution in [0.15, 0.2) is 65.5 Å². The van der Waals surface area contributed by atoms with Crippen LogP contribution < -0.4 is 5.56 Å². The van der Waals surface area contributed by atoms with Gasteiger partial charge in [0.2, 0.25) is 5.91 Å². The van der Waals surface area contributed by atoms with Gasteiger partial charge >= 0.3 is 0 Å². The average Bonchev–Trinajstić information content (AvgIpc) is 3.61. The maximum absolute atomic E-state index is 13.7. The summed E-state index contributed by atoms with van der Waals surface area (Å²) in [5.74, 6) is 1.44. The number of fused-ring (bicyclic) bond motifs is 1. The molecule has 31 heavy (non-hydrogen) atoms. The summed E-state index contributed by atoms with van der Waals surface area (Å²) in [6, 6.07) is 20.0. The number of amides is 1. The molecule has 0 radical (unpaired) electrons. The van der Waals surface area contributed by atoms with Gasteiger partial charge in [-0.3, -0.25) is 14.2 Å². The van der Waals surface area contributed by atoms with Crippen LogP contribution in [0.4, 0.5) is 0 Å². The number of aromatic nitrogens is 2. The second kappa shape index (κ2) is 8.14. The number of hydrogen-bond donors (Lipinski definition) is 0. The van der Waals surface area contributed by atoms with E-state index in [9.17, 15) is 9.59 Å². The van der Waals surface area contributed by atoms with Crippen LogP contribution in [-0.4, -0.2) is 26.9 Å². The first kappa shape index (κ1) is 19.7. The summed E-state index contributed by atoms with van der Waals surface area (Å²) in [7, 11) is 0. The topological polar surface area (TPSA) is 55.2 Å². The van der Waals surface area contributed by atoms with Gasteiger partial charge in [-0.15, -0.1) is 0 Å². The van der Waals surface area contributed by atoms with Crippen LogP contribution in [0, 0.1) is 12.8 Å². The van der Waals surface area contributed by atoms with E-state index in [1.807, 2.05) is 52.8 Å². The van der Waals surface area contributed by atoms with Crippen LogP contribution in [-0.2, 0) is 17.8 Å². The lowest BCUT2D eigenvalue weighted by Gasteiger charge is -2.30. The van der Waals surface area contributed by atoms with Crippen LogP contribution in [0.25, 0.3) is 0 Å². The van der Waals surface area contributed by atoms with E-state index in [-0.39, 0.29) is 17.5 Å². The quantitative estimate of drug-likeness (QED) is 0.638. The van der Waals surface area contributed by atoms with Gasteiger partial charge in [0.25, 0.3) is 5.56 Å². The molecule has 0 unspecified atom stereocenters. The Morgan fingerprint density at radius 3 is 2.23 bits per heavy atom. The van der Waals surface area contributed by atoms with Crippen LogP contribution in [0.5, 0.6) is 0 Å². The number of hydrogen-bond acceptors (Lipinski definition) is 3. The fourth-order valence-corrected chi connectivity index (χ4v) is 4.60.